The molecule has 0 unspecified atom stereocenters. The Morgan fingerprint density at radius 3 is 1.90 bits per heavy atom. The number of rotatable bonds is 12. The van der Waals surface area contributed by atoms with E-state index in [0.29, 0.717) is 5.41 Å². The fourth-order valence-electron chi connectivity index (χ4n) is 2.64. The van der Waals surface area contributed by atoms with E-state index in [9.17, 15) is 0 Å². The maximum absolute atomic E-state index is 2.45. The Kier molecular flexibility index (Phi) is 11.2. The van der Waals surface area contributed by atoms with Gasteiger partial charge in [0.15, 0.2) is 0 Å². The molecule has 21 heavy (non-hydrogen) atoms. The maximum Gasteiger partial charge on any atom is -0.0299 e. The van der Waals surface area contributed by atoms with Crippen LogP contribution in [0.5, 0.6) is 0 Å². The van der Waals surface area contributed by atoms with E-state index in [1.54, 1.807) is 0 Å². The lowest BCUT2D eigenvalue weighted by Crippen LogP contribution is -2.08. The average molecular weight is 295 g/mol. The van der Waals surface area contributed by atoms with Crippen molar-refractivity contribution in [1.82, 2.24) is 0 Å². The van der Waals surface area contributed by atoms with Crippen LogP contribution in [0.25, 0.3) is 0 Å². The molecular weight excluding hydrogens is 252 g/mol. The summed E-state index contributed by atoms with van der Waals surface area (Å²) < 4.78 is 0. The second kappa shape index (κ2) is 11.3. The molecule has 0 saturated heterocycles. The first-order valence-corrected chi connectivity index (χ1v) is 9.43. The normalized spacial score (nSPS) is 15.8. The summed E-state index contributed by atoms with van der Waals surface area (Å²) >= 11 is 0. The minimum atomic E-state index is 0.481. The van der Waals surface area contributed by atoms with Crippen molar-refractivity contribution in [1.29, 1.82) is 0 Å². The molecule has 0 saturated carbocycles. The van der Waals surface area contributed by atoms with Crippen molar-refractivity contribution in [3.63, 3.8) is 0 Å². The minimum absolute atomic E-state index is 0.481. The molecule has 126 valence electrons. The maximum atomic E-state index is 2.45. The van der Waals surface area contributed by atoms with Gasteiger partial charge in [-0.3, -0.25) is 0 Å². The molecule has 0 aromatic rings. The molecule has 0 rings (SSSR count). The molecule has 0 heterocycles. The highest BCUT2D eigenvalue weighted by Gasteiger charge is 2.13. The van der Waals surface area contributed by atoms with Gasteiger partial charge in [-0.2, -0.15) is 0 Å². The van der Waals surface area contributed by atoms with Crippen molar-refractivity contribution in [2.75, 3.05) is 0 Å². The van der Waals surface area contributed by atoms with Crippen molar-refractivity contribution in [3.8, 4) is 0 Å². The summed E-state index contributed by atoms with van der Waals surface area (Å²) in [5.74, 6) is 2.65. The van der Waals surface area contributed by atoms with Gasteiger partial charge in [0.25, 0.3) is 0 Å². The predicted octanol–water partition coefficient (Wildman–Crippen LogP) is 7.64. The summed E-state index contributed by atoms with van der Waals surface area (Å²) in [6, 6.07) is 0. The summed E-state index contributed by atoms with van der Waals surface area (Å²) in [5, 5.41) is 0. The molecule has 0 heteroatoms. The quantitative estimate of drug-likeness (QED) is 0.256. The minimum Gasteiger partial charge on any atom is -0.0885 e. The summed E-state index contributed by atoms with van der Waals surface area (Å²) in [4.78, 5) is 0. The zero-order valence-corrected chi connectivity index (χ0v) is 16.0. The highest BCUT2D eigenvalue weighted by molar-refractivity contribution is 4.87. The Balaban J connectivity index is 3.69. The van der Waals surface area contributed by atoms with Crippen LogP contribution in [0.1, 0.15) is 99.8 Å². The molecule has 0 fully saturated rings. The molecule has 0 nitrogen and oxygen atoms in total. The van der Waals surface area contributed by atoms with E-state index in [1.165, 1.54) is 51.4 Å². The molecule has 0 bridgehead atoms. The van der Waals surface area contributed by atoms with Crippen LogP contribution in [-0.4, -0.2) is 0 Å². The molecule has 0 aromatic carbocycles. The molecule has 0 radical (unpaired) electrons. The van der Waals surface area contributed by atoms with Gasteiger partial charge in [0.05, 0.1) is 0 Å². The fraction of sp³-hybridized carbons (Fsp3) is 0.905. The lowest BCUT2D eigenvalue weighted by Gasteiger charge is -2.20. The Hall–Kier alpha value is -0.260. The average Bonchev–Trinajstić information content (AvgIpc) is 2.41. The highest BCUT2D eigenvalue weighted by atomic mass is 14.2. The van der Waals surface area contributed by atoms with Crippen LogP contribution in [-0.2, 0) is 0 Å². The molecule has 0 aliphatic rings. The van der Waals surface area contributed by atoms with E-state index < -0.39 is 0 Å². The molecule has 2 atom stereocenters. The van der Waals surface area contributed by atoms with Crippen molar-refractivity contribution < 1.29 is 0 Å². The first kappa shape index (κ1) is 20.7. The molecule has 0 aromatic heterocycles. The first-order valence-electron chi connectivity index (χ1n) is 9.43. The summed E-state index contributed by atoms with van der Waals surface area (Å²) in [6.07, 6.45) is 15.6. The van der Waals surface area contributed by atoms with Gasteiger partial charge in [-0.1, -0.05) is 92.7 Å². The van der Waals surface area contributed by atoms with Gasteiger partial charge in [0.1, 0.15) is 0 Å². The monoisotopic (exact) mass is 294 g/mol. The van der Waals surface area contributed by atoms with Gasteiger partial charge >= 0.3 is 0 Å². The largest absolute Gasteiger partial charge is 0.0885 e. The summed E-state index contributed by atoms with van der Waals surface area (Å²) in [7, 11) is 0. The van der Waals surface area contributed by atoms with Gasteiger partial charge in [-0.15, -0.1) is 0 Å². The zero-order valence-electron chi connectivity index (χ0n) is 16.0. The van der Waals surface area contributed by atoms with E-state index in [1.807, 2.05) is 0 Å². The number of unbranched alkanes of at least 4 members (excludes halogenated alkanes) is 1. The van der Waals surface area contributed by atoms with Crippen LogP contribution < -0.4 is 0 Å². The smallest absolute Gasteiger partial charge is 0.0299 e. The Bertz CT molecular complexity index is 259. The van der Waals surface area contributed by atoms with E-state index in [0.717, 1.165) is 17.8 Å². The van der Waals surface area contributed by atoms with Crippen molar-refractivity contribution >= 4 is 0 Å². The molecule has 0 aliphatic heterocycles. The third-order valence-corrected chi connectivity index (χ3v) is 5.24. The SMILES string of the molecule is CCC(C)(C)C/C=C\CCC[C@@H](C)[C@@H](C)CCCC(C)C. The Morgan fingerprint density at radius 1 is 0.810 bits per heavy atom. The fourth-order valence-corrected chi connectivity index (χ4v) is 2.64. The second-order valence-electron chi connectivity index (χ2n) is 8.40. The van der Waals surface area contributed by atoms with Crippen LogP contribution in [0.2, 0.25) is 0 Å². The van der Waals surface area contributed by atoms with Gasteiger partial charge in [-0.25, -0.2) is 0 Å². The van der Waals surface area contributed by atoms with Crippen molar-refractivity contribution in [2.24, 2.45) is 23.2 Å². The molecule has 0 N–H and O–H groups in total. The van der Waals surface area contributed by atoms with E-state index >= 15 is 0 Å². The number of allylic oxidation sites excluding steroid dienone is 2. The standard InChI is InChI=1S/C21H42/c1-8-21(6,7)17-12-10-9-11-15-19(4)20(5)16-13-14-18(2)3/h10,12,18-20H,8-9,11,13-17H2,1-7H3/b12-10-/t19-,20+/m1/s1. The van der Waals surface area contributed by atoms with Crippen molar-refractivity contribution in [3.05, 3.63) is 12.2 Å². The van der Waals surface area contributed by atoms with Crippen LogP contribution >= 0.6 is 0 Å². The van der Waals surface area contributed by atoms with Crippen LogP contribution in [0.15, 0.2) is 12.2 Å². The Labute approximate surface area is 135 Å². The van der Waals surface area contributed by atoms with E-state index in [2.05, 4.69) is 60.6 Å². The molecule has 0 aliphatic carbocycles. The molecule has 0 amide bonds. The third-order valence-electron chi connectivity index (χ3n) is 5.24. The second-order valence-corrected chi connectivity index (χ2v) is 8.40. The van der Waals surface area contributed by atoms with Crippen LogP contribution in [0.3, 0.4) is 0 Å². The lowest BCUT2D eigenvalue weighted by atomic mass is 9.85. The molecular formula is C21H42. The summed E-state index contributed by atoms with van der Waals surface area (Å²) in [6.45, 7) is 16.6. The van der Waals surface area contributed by atoms with E-state index in [-0.39, 0.29) is 0 Å². The van der Waals surface area contributed by atoms with Crippen LogP contribution in [0, 0.1) is 23.2 Å². The lowest BCUT2D eigenvalue weighted by molar-refractivity contribution is 0.322. The van der Waals surface area contributed by atoms with Crippen LogP contribution in [0.4, 0.5) is 0 Å². The molecule has 0 spiro atoms. The first-order chi connectivity index (χ1) is 9.78. The van der Waals surface area contributed by atoms with E-state index in [4.69, 9.17) is 0 Å². The van der Waals surface area contributed by atoms with Gasteiger partial charge in [0.2, 0.25) is 0 Å². The number of hydrogen-bond donors (Lipinski definition) is 0. The summed E-state index contributed by atoms with van der Waals surface area (Å²) in [5.41, 5.74) is 0.481. The third kappa shape index (κ3) is 12.0. The topological polar surface area (TPSA) is 0 Å². The number of hydrogen-bond acceptors (Lipinski definition) is 0. The zero-order chi connectivity index (χ0) is 16.3. The van der Waals surface area contributed by atoms with Gasteiger partial charge < -0.3 is 0 Å². The highest BCUT2D eigenvalue weighted by Crippen LogP contribution is 2.26. The Morgan fingerprint density at radius 2 is 1.38 bits per heavy atom. The predicted molar refractivity (Wildman–Crippen MR) is 98.7 cm³/mol. The van der Waals surface area contributed by atoms with Crippen molar-refractivity contribution in [2.45, 2.75) is 99.8 Å². The van der Waals surface area contributed by atoms with Gasteiger partial charge in [-0.05, 0) is 42.4 Å². The van der Waals surface area contributed by atoms with Gasteiger partial charge in [0, 0.05) is 0 Å².